The SMILES string of the molecule is CCOC[C@@]1(N=[N+]=[N-])O[C@@H](n2ccc(N)nc2=O)[C@@H](C)[C@@H]1O. The monoisotopic (exact) mass is 310 g/mol. The zero-order valence-corrected chi connectivity index (χ0v) is 12.3. The maximum absolute atomic E-state index is 11.9. The number of nitrogen functional groups attached to an aromatic ring is 1. The summed E-state index contributed by atoms with van der Waals surface area (Å²) in [6.45, 7) is 3.69. The molecule has 1 aliphatic rings. The van der Waals surface area contributed by atoms with Crippen molar-refractivity contribution in [2.45, 2.75) is 31.9 Å². The number of anilines is 1. The van der Waals surface area contributed by atoms with E-state index in [9.17, 15) is 9.90 Å². The Labute approximate surface area is 126 Å². The highest BCUT2D eigenvalue weighted by Gasteiger charge is 2.53. The van der Waals surface area contributed by atoms with Crippen LogP contribution in [-0.4, -0.2) is 39.7 Å². The minimum Gasteiger partial charge on any atom is -0.389 e. The maximum Gasteiger partial charge on any atom is 0.351 e. The van der Waals surface area contributed by atoms with Gasteiger partial charge in [0.1, 0.15) is 12.0 Å². The summed E-state index contributed by atoms with van der Waals surface area (Å²) in [6.07, 6.45) is -0.559. The van der Waals surface area contributed by atoms with Gasteiger partial charge in [-0.25, -0.2) is 4.79 Å². The van der Waals surface area contributed by atoms with Gasteiger partial charge in [-0.1, -0.05) is 12.0 Å². The predicted molar refractivity (Wildman–Crippen MR) is 76.6 cm³/mol. The molecule has 0 aromatic carbocycles. The van der Waals surface area contributed by atoms with Crippen LogP contribution in [0.3, 0.4) is 0 Å². The molecule has 0 bridgehead atoms. The molecule has 10 nitrogen and oxygen atoms in total. The second-order valence-corrected chi connectivity index (χ2v) is 5.03. The fourth-order valence-electron chi connectivity index (χ4n) is 2.44. The summed E-state index contributed by atoms with van der Waals surface area (Å²) in [5.74, 6) is -0.433. The van der Waals surface area contributed by atoms with E-state index in [1.165, 1.54) is 16.8 Å². The largest absolute Gasteiger partial charge is 0.389 e. The number of hydrogen-bond donors (Lipinski definition) is 2. The topological polar surface area (TPSA) is 148 Å². The van der Waals surface area contributed by atoms with Gasteiger partial charge in [-0.15, -0.1) is 0 Å². The first-order valence-corrected chi connectivity index (χ1v) is 6.79. The molecule has 2 rings (SSSR count). The molecule has 1 aliphatic heterocycles. The molecule has 2 heterocycles. The number of azide groups is 1. The van der Waals surface area contributed by atoms with Crippen LogP contribution in [0.15, 0.2) is 22.2 Å². The molecule has 0 spiro atoms. The summed E-state index contributed by atoms with van der Waals surface area (Å²) in [5, 5.41) is 14.0. The van der Waals surface area contributed by atoms with Gasteiger partial charge in [-0.3, -0.25) is 4.57 Å². The van der Waals surface area contributed by atoms with Gasteiger partial charge in [-0.2, -0.15) is 4.98 Å². The zero-order valence-electron chi connectivity index (χ0n) is 12.3. The predicted octanol–water partition coefficient (Wildman–Crippen LogP) is 0.394. The van der Waals surface area contributed by atoms with Crippen LogP contribution in [0.2, 0.25) is 0 Å². The lowest BCUT2D eigenvalue weighted by molar-refractivity contribution is -0.136. The van der Waals surface area contributed by atoms with E-state index in [2.05, 4.69) is 15.0 Å². The number of ether oxygens (including phenoxy) is 2. The molecular formula is C12H18N6O4. The molecule has 22 heavy (non-hydrogen) atoms. The summed E-state index contributed by atoms with van der Waals surface area (Å²) in [6, 6.07) is 1.44. The van der Waals surface area contributed by atoms with Gasteiger partial charge in [0.05, 0.1) is 12.7 Å². The van der Waals surface area contributed by atoms with Crippen LogP contribution in [0.5, 0.6) is 0 Å². The lowest BCUT2D eigenvalue weighted by Gasteiger charge is -2.26. The second-order valence-electron chi connectivity index (χ2n) is 5.03. The molecule has 1 aromatic heterocycles. The number of nitrogens with zero attached hydrogens (tertiary/aromatic N) is 5. The zero-order chi connectivity index (χ0) is 16.3. The highest BCUT2D eigenvalue weighted by atomic mass is 16.6. The van der Waals surface area contributed by atoms with E-state index in [-0.39, 0.29) is 12.4 Å². The third-order valence-corrected chi connectivity index (χ3v) is 3.59. The highest BCUT2D eigenvalue weighted by molar-refractivity contribution is 5.23. The summed E-state index contributed by atoms with van der Waals surface area (Å²) in [5.41, 5.74) is 12.0. The number of aromatic nitrogens is 2. The standard InChI is InChI=1S/C12H18N6O4/c1-3-21-6-12(16-17-14)9(19)7(2)10(22-12)18-5-4-8(13)15-11(18)20/h4-5,7,9-10,19H,3,6H2,1-2H3,(H2,13,15,20)/t7-,9-,10+,12+/m0/s1. The number of aliphatic hydroxyl groups is 1. The maximum atomic E-state index is 11.9. The molecule has 0 aliphatic carbocycles. The lowest BCUT2D eigenvalue weighted by Crippen LogP contribution is -2.43. The van der Waals surface area contributed by atoms with E-state index in [1.807, 2.05) is 0 Å². The molecule has 4 atom stereocenters. The van der Waals surface area contributed by atoms with Crippen LogP contribution in [0.25, 0.3) is 10.4 Å². The van der Waals surface area contributed by atoms with E-state index >= 15 is 0 Å². The molecule has 0 saturated carbocycles. The first-order valence-electron chi connectivity index (χ1n) is 6.79. The van der Waals surface area contributed by atoms with Gasteiger partial charge in [-0.05, 0) is 18.5 Å². The second kappa shape index (κ2) is 6.32. The number of hydrogen-bond acceptors (Lipinski definition) is 7. The van der Waals surface area contributed by atoms with Crippen LogP contribution in [0.1, 0.15) is 20.1 Å². The number of nitrogens with two attached hydrogens (primary N) is 1. The van der Waals surface area contributed by atoms with Gasteiger partial charge in [0.25, 0.3) is 0 Å². The van der Waals surface area contributed by atoms with Crippen molar-refractivity contribution >= 4 is 5.82 Å². The van der Waals surface area contributed by atoms with Gasteiger partial charge < -0.3 is 20.3 Å². The van der Waals surface area contributed by atoms with E-state index < -0.39 is 29.7 Å². The third kappa shape index (κ3) is 2.77. The molecule has 3 N–H and O–H groups in total. The van der Waals surface area contributed by atoms with Crippen LogP contribution >= 0.6 is 0 Å². The average Bonchev–Trinajstić information content (AvgIpc) is 2.71. The molecular weight excluding hydrogens is 292 g/mol. The van der Waals surface area contributed by atoms with Crippen molar-refractivity contribution in [2.75, 3.05) is 18.9 Å². The minimum atomic E-state index is -1.59. The van der Waals surface area contributed by atoms with E-state index in [0.29, 0.717) is 6.61 Å². The van der Waals surface area contributed by atoms with Crippen molar-refractivity contribution in [3.05, 3.63) is 33.2 Å². The molecule has 0 radical (unpaired) electrons. The van der Waals surface area contributed by atoms with Gasteiger partial charge in [0.15, 0.2) is 5.72 Å². The Bertz CT molecular complexity index is 643. The van der Waals surface area contributed by atoms with Crippen molar-refractivity contribution in [3.8, 4) is 0 Å². The Balaban J connectivity index is 2.39. The van der Waals surface area contributed by atoms with Crippen LogP contribution < -0.4 is 11.4 Å². The van der Waals surface area contributed by atoms with Crippen molar-refractivity contribution in [2.24, 2.45) is 11.0 Å². The molecule has 1 fully saturated rings. The van der Waals surface area contributed by atoms with E-state index in [1.54, 1.807) is 13.8 Å². The van der Waals surface area contributed by atoms with Gasteiger partial charge >= 0.3 is 5.69 Å². The fraction of sp³-hybridized carbons (Fsp3) is 0.667. The Morgan fingerprint density at radius 3 is 3.05 bits per heavy atom. The Morgan fingerprint density at radius 1 is 1.73 bits per heavy atom. The number of aliphatic hydroxyl groups excluding tert-OH is 1. The van der Waals surface area contributed by atoms with Crippen molar-refractivity contribution in [1.82, 2.24) is 9.55 Å². The van der Waals surface area contributed by atoms with Crippen LogP contribution in [-0.2, 0) is 9.47 Å². The van der Waals surface area contributed by atoms with E-state index in [0.717, 1.165) is 0 Å². The Morgan fingerprint density at radius 2 is 2.45 bits per heavy atom. The van der Waals surface area contributed by atoms with Gasteiger partial charge in [0, 0.05) is 23.6 Å². The first kappa shape index (κ1) is 16.2. The van der Waals surface area contributed by atoms with Crippen molar-refractivity contribution in [1.29, 1.82) is 0 Å². The highest BCUT2D eigenvalue weighted by Crippen LogP contribution is 2.42. The number of rotatable bonds is 5. The summed E-state index contributed by atoms with van der Waals surface area (Å²) in [4.78, 5) is 18.3. The molecule has 1 aromatic rings. The summed E-state index contributed by atoms with van der Waals surface area (Å²) < 4.78 is 12.2. The molecule has 0 amide bonds. The van der Waals surface area contributed by atoms with E-state index in [4.69, 9.17) is 20.7 Å². The Hall–Kier alpha value is -2.13. The quantitative estimate of drug-likeness (QED) is 0.456. The minimum absolute atomic E-state index is 0.0862. The molecule has 0 unspecified atom stereocenters. The lowest BCUT2D eigenvalue weighted by atomic mass is 9.98. The van der Waals surface area contributed by atoms with Crippen LogP contribution in [0, 0.1) is 5.92 Å². The van der Waals surface area contributed by atoms with Gasteiger partial charge in [0.2, 0.25) is 0 Å². The fourth-order valence-corrected chi connectivity index (χ4v) is 2.44. The molecule has 120 valence electrons. The molecule has 10 heteroatoms. The van der Waals surface area contributed by atoms with Crippen molar-refractivity contribution < 1.29 is 14.6 Å². The molecule has 1 saturated heterocycles. The summed E-state index contributed by atoms with van der Waals surface area (Å²) >= 11 is 0. The normalized spacial score (nSPS) is 31.0. The Kier molecular flexibility index (Phi) is 4.67. The average molecular weight is 310 g/mol. The van der Waals surface area contributed by atoms with Crippen LogP contribution in [0.4, 0.5) is 5.82 Å². The third-order valence-electron chi connectivity index (χ3n) is 3.59. The summed E-state index contributed by atoms with van der Waals surface area (Å²) in [7, 11) is 0. The first-order chi connectivity index (χ1) is 10.4. The smallest absolute Gasteiger partial charge is 0.351 e. The van der Waals surface area contributed by atoms with Crippen molar-refractivity contribution in [3.63, 3.8) is 0 Å².